The van der Waals surface area contributed by atoms with Crippen molar-refractivity contribution in [1.82, 2.24) is 5.32 Å². The summed E-state index contributed by atoms with van der Waals surface area (Å²) in [6.07, 6.45) is 1.36. The second-order valence-corrected chi connectivity index (χ2v) is 5.70. The van der Waals surface area contributed by atoms with E-state index in [9.17, 15) is 9.59 Å². The van der Waals surface area contributed by atoms with Gasteiger partial charge in [-0.25, -0.2) is 0 Å². The van der Waals surface area contributed by atoms with Gasteiger partial charge in [-0.1, -0.05) is 40.2 Å². The first kappa shape index (κ1) is 15.5. The first-order chi connectivity index (χ1) is 10.1. The Labute approximate surface area is 131 Å². The van der Waals surface area contributed by atoms with Crippen LogP contribution in [0.25, 0.3) is 10.8 Å². The highest BCUT2D eigenvalue weighted by atomic mass is 79.9. The van der Waals surface area contributed by atoms with Crippen molar-refractivity contribution < 1.29 is 14.7 Å². The molecular formula is C16H16BrNO3. The first-order valence-corrected chi connectivity index (χ1v) is 7.55. The van der Waals surface area contributed by atoms with Crippen molar-refractivity contribution in [3.63, 3.8) is 0 Å². The van der Waals surface area contributed by atoms with Gasteiger partial charge in [0.05, 0.1) is 0 Å². The molecule has 21 heavy (non-hydrogen) atoms. The third kappa shape index (κ3) is 4.29. The number of benzene rings is 2. The number of carbonyl (C=O) groups is 2. The predicted molar refractivity (Wildman–Crippen MR) is 85.5 cm³/mol. The van der Waals surface area contributed by atoms with Crippen LogP contribution in [0.2, 0.25) is 0 Å². The second-order valence-electron chi connectivity index (χ2n) is 4.78. The van der Waals surface area contributed by atoms with E-state index < -0.39 is 5.97 Å². The summed E-state index contributed by atoms with van der Waals surface area (Å²) in [5, 5.41) is 13.3. The molecule has 5 heteroatoms. The summed E-state index contributed by atoms with van der Waals surface area (Å²) in [6, 6.07) is 11.5. The Balaban J connectivity index is 2.04. The van der Waals surface area contributed by atoms with E-state index >= 15 is 0 Å². The van der Waals surface area contributed by atoms with Gasteiger partial charge in [-0.15, -0.1) is 0 Å². The topological polar surface area (TPSA) is 66.4 Å². The largest absolute Gasteiger partial charge is 0.481 e. The summed E-state index contributed by atoms with van der Waals surface area (Å²) in [5.41, 5.74) is 0.623. The molecule has 0 heterocycles. The lowest BCUT2D eigenvalue weighted by atomic mass is 10.0. The quantitative estimate of drug-likeness (QED) is 0.783. The van der Waals surface area contributed by atoms with Gasteiger partial charge >= 0.3 is 5.97 Å². The van der Waals surface area contributed by atoms with Crippen LogP contribution in [-0.4, -0.2) is 23.5 Å². The number of carboxylic acid groups (broad SMARTS) is 1. The number of aliphatic carboxylic acids is 1. The minimum atomic E-state index is -0.806. The molecule has 0 radical (unpaired) electrons. The number of hydrogen-bond donors (Lipinski definition) is 2. The average molecular weight is 350 g/mol. The molecule has 0 aliphatic rings. The van der Waals surface area contributed by atoms with Crippen molar-refractivity contribution in [2.24, 2.45) is 0 Å². The van der Waals surface area contributed by atoms with Gasteiger partial charge in [-0.05, 0) is 35.7 Å². The van der Waals surface area contributed by atoms with Crippen molar-refractivity contribution in [2.45, 2.75) is 19.3 Å². The van der Waals surface area contributed by atoms with Crippen molar-refractivity contribution in [3.8, 4) is 0 Å². The lowest BCUT2D eigenvalue weighted by Gasteiger charge is -2.09. The highest BCUT2D eigenvalue weighted by Gasteiger charge is 2.10. The average Bonchev–Trinajstić information content (AvgIpc) is 2.45. The Morgan fingerprint density at radius 3 is 2.67 bits per heavy atom. The Hall–Kier alpha value is -1.88. The molecule has 0 aliphatic heterocycles. The Kier molecular flexibility index (Phi) is 5.33. The Bertz CT molecular complexity index is 670. The molecule has 0 spiro atoms. The van der Waals surface area contributed by atoms with E-state index in [1.807, 2.05) is 30.3 Å². The highest BCUT2D eigenvalue weighted by molar-refractivity contribution is 9.10. The van der Waals surface area contributed by atoms with E-state index in [0.717, 1.165) is 15.2 Å². The highest BCUT2D eigenvalue weighted by Crippen LogP contribution is 2.24. The summed E-state index contributed by atoms with van der Waals surface area (Å²) in [5.74, 6) is -0.942. The van der Waals surface area contributed by atoms with Gasteiger partial charge in [0.2, 0.25) is 0 Å². The zero-order chi connectivity index (χ0) is 15.2. The number of amides is 1. The van der Waals surface area contributed by atoms with Crippen LogP contribution in [0.3, 0.4) is 0 Å². The number of unbranched alkanes of at least 4 members (excludes halogenated alkanes) is 1. The minimum absolute atomic E-state index is 0.135. The molecule has 2 aromatic carbocycles. The van der Waals surface area contributed by atoms with Crippen LogP contribution in [0.4, 0.5) is 0 Å². The van der Waals surface area contributed by atoms with Crippen molar-refractivity contribution in [3.05, 3.63) is 46.4 Å². The molecule has 0 saturated heterocycles. The summed E-state index contributed by atoms with van der Waals surface area (Å²) >= 11 is 3.42. The maximum atomic E-state index is 12.3. The van der Waals surface area contributed by atoms with Crippen LogP contribution < -0.4 is 5.32 Å². The van der Waals surface area contributed by atoms with Gasteiger partial charge in [0.15, 0.2) is 0 Å². The predicted octanol–water partition coefficient (Wildman–Crippen LogP) is 3.59. The van der Waals surface area contributed by atoms with Gasteiger partial charge in [-0.3, -0.25) is 9.59 Å². The summed E-state index contributed by atoms with van der Waals surface area (Å²) in [7, 11) is 0. The SMILES string of the molecule is O=C(O)CCCCNC(=O)c1cc(Br)cc2ccccc12. The van der Waals surface area contributed by atoms with Crippen LogP contribution in [-0.2, 0) is 4.79 Å². The number of rotatable bonds is 6. The fourth-order valence-electron chi connectivity index (χ4n) is 2.16. The fraction of sp³-hybridized carbons (Fsp3) is 0.250. The molecule has 2 aromatic rings. The molecule has 0 atom stereocenters. The fourth-order valence-corrected chi connectivity index (χ4v) is 2.64. The number of carbonyl (C=O) groups excluding carboxylic acids is 1. The third-order valence-electron chi connectivity index (χ3n) is 3.17. The van der Waals surface area contributed by atoms with E-state index in [2.05, 4.69) is 21.2 Å². The Morgan fingerprint density at radius 1 is 1.14 bits per heavy atom. The van der Waals surface area contributed by atoms with Gasteiger partial charge in [0, 0.05) is 23.0 Å². The van der Waals surface area contributed by atoms with E-state index in [0.29, 0.717) is 24.9 Å². The van der Waals surface area contributed by atoms with Crippen LogP contribution >= 0.6 is 15.9 Å². The third-order valence-corrected chi connectivity index (χ3v) is 3.63. The lowest BCUT2D eigenvalue weighted by molar-refractivity contribution is -0.137. The molecule has 2 rings (SSSR count). The molecule has 4 nitrogen and oxygen atoms in total. The van der Waals surface area contributed by atoms with E-state index in [4.69, 9.17) is 5.11 Å². The van der Waals surface area contributed by atoms with Crippen LogP contribution in [0, 0.1) is 0 Å². The maximum Gasteiger partial charge on any atom is 0.303 e. The lowest BCUT2D eigenvalue weighted by Crippen LogP contribution is -2.24. The van der Waals surface area contributed by atoms with Crippen LogP contribution in [0.15, 0.2) is 40.9 Å². The van der Waals surface area contributed by atoms with Crippen molar-refractivity contribution in [1.29, 1.82) is 0 Å². The Morgan fingerprint density at radius 2 is 1.90 bits per heavy atom. The van der Waals surface area contributed by atoms with Gasteiger partial charge in [0.25, 0.3) is 5.91 Å². The van der Waals surface area contributed by atoms with E-state index in [-0.39, 0.29) is 12.3 Å². The summed E-state index contributed by atoms with van der Waals surface area (Å²) < 4.78 is 0.859. The molecule has 0 unspecified atom stereocenters. The zero-order valence-corrected chi connectivity index (χ0v) is 13.0. The summed E-state index contributed by atoms with van der Waals surface area (Å²) in [6.45, 7) is 0.479. The molecule has 1 amide bonds. The zero-order valence-electron chi connectivity index (χ0n) is 11.4. The number of nitrogens with one attached hydrogen (secondary N) is 1. The van der Waals surface area contributed by atoms with Crippen molar-refractivity contribution >= 4 is 38.6 Å². The monoisotopic (exact) mass is 349 g/mol. The number of carboxylic acids is 1. The molecule has 0 saturated carbocycles. The molecule has 2 N–H and O–H groups in total. The number of fused-ring (bicyclic) bond motifs is 1. The van der Waals surface area contributed by atoms with Gasteiger partial charge in [-0.2, -0.15) is 0 Å². The summed E-state index contributed by atoms with van der Waals surface area (Å²) in [4.78, 5) is 22.7. The maximum absolute atomic E-state index is 12.3. The number of halogens is 1. The van der Waals surface area contributed by atoms with Crippen LogP contribution in [0.1, 0.15) is 29.6 Å². The smallest absolute Gasteiger partial charge is 0.303 e. The molecule has 0 fully saturated rings. The van der Waals surface area contributed by atoms with E-state index in [1.165, 1.54) is 0 Å². The van der Waals surface area contributed by atoms with Crippen molar-refractivity contribution in [2.75, 3.05) is 6.54 Å². The molecule has 110 valence electrons. The normalized spacial score (nSPS) is 10.5. The number of hydrogen-bond acceptors (Lipinski definition) is 2. The van der Waals surface area contributed by atoms with Gasteiger partial charge in [0.1, 0.15) is 0 Å². The van der Waals surface area contributed by atoms with Crippen LogP contribution in [0.5, 0.6) is 0 Å². The first-order valence-electron chi connectivity index (χ1n) is 6.76. The molecule has 0 aliphatic carbocycles. The molecular weight excluding hydrogens is 334 g/mol. The molecule has 0 aromatic heterocycles. The second kappa shape index (κ2) is 7.22. The van der Waals surface area contributed by atoms with E-state index in [1.54, 1.807) is 6.07 Å². The molecule has 0 bridgehead atoms. The van der Waals surface area contributed by atoms with Gasteiger partial charge < -0.3 is 10.4 Å². The standard InChI is InChI=1S/C16H16BrNO3/c17-12-9-11-5-1-2-6-13(11)14(10-12)16(21)18-8-4-3-7-15(19)20/h1-2,5-6,9-10H,3-4,7-8H2,(H,18,21)(H,19,20). The minimum Gasteiger partial charge on any atom is -0.481 e.